The van der Waals surface area contributed by atoms with Gasteiger partial charge in [-0.25, -0.2) is 0 Å². The highest BCUT2D eigenvalue weighted by Gasteiger charge is 2.08. The smallest absolute Gasteiger partial charge is 0.0250 e. The molecule has 0 atom stereocenters. The minimum absolute atomic E-state index is 1.23. The molecule has 0 spiro atoms. The van der Waals surface area contributed by atoms with Gasteiger partial charge in [0.2, 0.25) is 0 Å². The number of hydrogen-bond acceptors (Lipinski definition) is 0. The first-order valence-electron chi connectivity index (χ1n) is 5.14. The molecule has 0 saturated carbocycles. The molecule has 68 valence electrons. The van der Waals surface area contributed by atoms with E-state index in [4.69, 9.17) is 0 Å². The van der Waals surface area contributed by atoms with Gasteiger partial charge in [-0.05, 0) is 33.9 Å². The van der Waals surface area contributed by atoms with Crippen molar-refractivity contribution in [3.8, 4) is 0 Å². The van der Waals surface area contributed by atoms with Gasteiger partial charge < -0.3 is 0 Å². The van der Waals surface area contributed by atoms with Crippen LogP contribution in [0.5, 0.6) is 0 Å². The van der Waals surface area contributed by atoms with Crippen LogP contribution in [0.3, 0.4) is 0 Å². The first kappa shape index (κ1) is 7.28. The summed E-state index contributed by atoms with van der Waals surface area (Å²) in [6.45, 7) is 0. The van der Waals surface area contributed by atoms with Crippen molar-refractivity contribution in [3.63, 3.8) is 0 Å². The average Bonchev–Trinajstić information content (AvgIpc) is 2.71. The van der Waals surface area contributed by atoms with Crippen LogP contribution >= 0.6 is 0 Å². The summed E-state index contributed by atoms with van der Waals surface area (Å²) in [5.41, 5.74) is 4.61. The fourth-order valence-corrected chi connectivity index (χ4v) is 2.51. The van der Waals surface area contributed by atoms with Gasteiger partial charge in [0.1, 0.15) is 0 Å². The second-order valence-corrected chi connectivity index (χ2v) is 4.01. The van der Waals surface area contributed by atoms with Gasteiger partial charge in [-0.1, -0.05) is 36.4 Å². The molecule has 4 rings (SSSR count). The maximum Gasteiger partial charge on any atom is 0.0250 e. The third-order valence-corrected chi connectivity index (χ3v) is 3.19. The van der Waals surface area contributed by atoms with Gasteiger partial charge in [0, 0.05) is 10.6 Å². The van der Waals surface area contributed by atoms with Crippen LogP contribution in [0.4, 0.5) is 0 Å². The van der Waals surface area contributed by atoms with Gasteiger partial charge in [-0.3, -0.25) is 0 Å². The summed E-state index contributed by atoms with van der Waals surface area (Å²) in [6.07, 6.45) is 2.08. The van der Waals surface area contributed by atoms with Crippen LogP contribution in [-0.4, -0.2) is 0 Å². The van der Waals surface area contributed by atoms with Crippen molar-refractivity contribution in [2.75, 3.05) is 0 Å². The molecule has 1 aliphatic carbocycles. The molecule has 0 N–H and O–H groups in total. The number of rotatable bonds is 0. The average molecular weight is 188 g/mol. The highest BCUT2D eigenvalue weighted by Crippen LogP contribution is 2.28. The van der Waals surface area contributed by atoms with Crippen molar-refractivity contribution in [3.05, 3.63) is 53.2 Å². The normalized spacial score (nSPS) is 12.5. The molecule has 0 heterocycles. The standard InChI is InChI=1S/C15H8/c1-2-10-4-6-12-8-9-13-7-5-11(3-1)14(10)15(12)13/h1-8H. The van der Waals surface area contributed by atoms with Crippen molar-refractivity contribution in [1.82, 2.24) is 0 Å². The minimum Gasteiger partial charge on any atom is -0.112 e. The van der Waals surface area contributed by atoms with E-state index < -0.39 is 0 Å². The SMILES string of the molecule is C1=Cc2ccc3cccc4ccc=1c2c34. The lowest BCUT2D eigenvalue weighted by Crippen LogP contribution is -1.98. The zero-order valence-corrected chi connectivity index (χ0v) is 8.12. The fraction of sp³-hybridized carbons (Fsp3) is 0. The molecule has 3 aromatic rings. The van der Waals surface area contributed by atoms with E-state index >= 15 is 0 Å². The highest BCUT2D eigenvalue weighted by molar-refractivity contribution is 6.14. The van der Waals surface area contributed by atoms with Crippen LogP contribution in [0.25, 0.3) is 33.4 Å². The molecule has 0 radical (unpaired) electrons. The third kappa shape index (κ3) is 0.782. The van der Waals surface area contributed by atoms with Crippen molar-refractivity contribution in [2.45, 2.75) is 0 Å². The quantitative estimate of drug-likeness (QED) is 0.397. The van der Waals surface area contributed by atoms with E-state index in [1.54, 1.807) is 0 Å². The summed E-state index contributed by atoms with van der Waals surface area (Å²) < 4.78 is 0. The van der Waals surface area contributed by atoms with Gasteiger partial charge in [0.25, 0.3) is 0 Å². The molecule has 0 amide bonds. The van der Waals surface area contributed by atoms with Gasteiger partial charge in [0.05, 0.1) is 0 Å². The second-order valence-electron chi connectivity index (χ2n) is 4.01. The lowest BCUT2D eigenvalue weighted by Gasteiger charge is -2.05. The summed E-state index contributed by atoms with van der Waals surface area (Å²) in [7, 11) is 0. The Morgan fingerprint density at radius 1 is 0.733 bits per heavy atom. The van der Waals surface area contributed by atoms with E-state index in [2.05, 4.69) is 54.3 Å². The predicted molar refractivity (Wildman–Crippen MR) is 64.5 cm³/mol. The molecule has 1 aliphatic rings. The Balaban J connectivity index is 2.53. The lowest BCUT2D eigenvalue weighted by molar-refractivity contribution is 1.71. The molecule has 0 aliphatic heterocycles. The Morgan fingerprint density at radius 3 is 2.40 bits per heavy atom. The molecular weight excluding hydrogens is 180 g/mol. The van der Waals surface area contributed by atoms with Crippen LogP contribution in [-0.2, 0) is 0 Å². The summed E-state index contributed by atoms with van der Waals surface area (Å²) in [5, 5.41) is 6.63. The van der Waals surface area contributed by atoms with E-state index in [0.717, 1.165) is 0 Å². The van der Waals surface area contributed by atoms with Crippen LogP contribution < -0.4 is 5.22 Å². The van der Waals surface area contributed by atoms with Crippen LogP contribution in [0.1, 0.15) is 5.56 Å². The molecule has 0 saturated heterocycles. The number of hydrogen-bond donors (Lipinski definition) is 0. The molecule has 0 heteroatoms. The van der Waals surface area contributed by atoms with E-state index in [1.807, 2.05) is 0 Å². The molecule has 3 aromatic carbocycles. The Kier molecular flexibility index (Phi) is 1.12. The zero-order valence-electron chi connectivity index (χ0n) is 8.12. The molecule has 0 unspecified atom stereocenters. The van der Waals surface area contributed by atoms with Crippen molar-refractivity contribution < 1.29 is 0 Å². The molecule has 0 nitrogen and oxygen atoms in total. The summed E-state index contributed by atoms with van der Waals surface area (Å²) >= 11 is 0. The first-order chi connectivity index (χ1) is 7.43. The van der Waals surface area contributed by atoms with Gasteiger partial charge in [0.15, 0.2) is 0 Å². The van der Waals surface area contributed by atoms with E-state index in [0.29, 0.717) is 0 Å². The Bertz CT molecular complexity index is 772. The zero-order chi connectivity index (χ0) is 9.83. The predicted octanol–water partition coefficient (Wildman–Crippen LogP) is 3.12. The van der Waals surface area contributed by atoms with Crippen LogP contribution in [0, 0.1) is 0 Å². The van der Waals surface area contributed by atoms with Crippen molar-refractivity contribution >= 4 is 33.4 Å². The summed E-state index contributed by atoms with van der Waals surface area (Å²) in [4.78, 5) is 0. The minimum atomic E-state index is 1.23. The number of benzene rings is 3. The molecule has 0 fully saturated rings. The Morgan fingerprint density at radius 2 is 1.53 bits per heavy atom. The highest BCUT2D eigenvalue weighted by atomic mass is 14.1. The maximum atomic E-state index is 3.31. The van der Waals surface area contributed by atoms with Gasteiger partial charge in [-0.15, -0.1) is 5.73 Å². The second kappa shape index (κ2) is 2.31. The van der Waals surface area contributed by atoms with Crippen LogP contribution in [0.2, 0.25) is 0 Å². The Hall–Kier alpha value is -2.04. The van der Waals surface area contributed by atoms with Crippen molar-refractivity contribution in [1.29, 1.82) is 0 Å². The topological polar surface area (TPSA) is 0 Å². The molecule has 0 aromatic heterocycles. The molecular formula is C15H8. The van der Waals surface area contributed by atoms with E-state index in [1.165, 1.54) is 32.3 Å². The molecule has 15 heavy (non-hydrogen) atoms. The van der Waals surface area contributed by atoms with E-state index in [9.17, 15) is 0 Å². The van der Waals surface area contributed by atoms with E-state index in [-0.39, 0.29) is 0 Å². The summed E-state index contributed by atoms with van der Waals surface area (Å²) in [5.74, 6) is 0. The maximum absolute atomic E-state index is 3.31. The fourth-order valence-electron chi connectivity index (χ4n) is 2.51. The summed E-state index contributed by atoms with van der Waals surface area (Å²) in [6, 6.07) is 15.2. The van der Waals surface area contributed by atoms with Crippen LogP contribution in [0.15, 0.2) is 42.5 Å². The third-order valence-electron chi connectivity index (χ3n) is 3.19. The van der Waals surface area contributed by atoms with Gasteiger partial charge >= 0.3 is 0 Å². The largest absolute Gasteiger partial charge is 0.112 e. The molecule has 0 bridgehead atoms. The van der Waals surface area contributed by atoms with Crippen molar-refractivity contribution in [2.24, 2.45) is 0 Å². The lowest BCUT2D eigenvalue weighted by atomic mass is 9.97. The monoisotopic (exact) mass is 188 g/mol. The van der Waals surface area contributed by atoms with Gasteiger partial charge in [-0.2, -0.15) is 0 Å². The Labute approximate surface area is 87.1 Å². The first-order valence-corrected chi connectivity index (χ1v) is 5.14.